The van der Waals surface area contributed by atoms with Gasteiger partial charge in [-0.2, -0.15) is 0 Å². The van der Waals surface area contributed by atoms with E-state index in [1.165, 1.54) is 24.8 Å². The van der Waals surface area contributed by atoms with E-state index in [9.17, 15) is 0 Å². The van der Waals surface area contributed by atoms with Crippen LogP contribution in [0.1, 0.15) is 51.6 Å². The summed E-state index contributed by atoms with van der Waals surface area (Å²) < 4.78 is 1.14. The van der Waals surface area contributed by atoms with Crippen molar-refractivity contribution in [1.82, 2.24) is 4.90 Å². The third kappa shape index (κ3) is 4.31. The third-order valence-electron chi connectivity index (χ3n) is 4.03. The first-order valence-corrected chi connectivity index (χ1v) is 8.55. The highest BCUT2D eigenvalue weighted by atomic mass is 79.9. The van der Waals surface area contributed by atoms with Gasteiger partial charge in [-0.3, -0.25) is 4.90 Å². The topological polar surface area (TPSA) is 29.3 Å². The molecule has 1 aromatic rings. The summed E-state index contributed by atoms with van der Waals surface area (Å²) in [5.74, 6) is 0.743. The van der Waals surface area contributed by atoms with E-state index in [-0.39, 0.29) is 6.04 Å². The van der Waals surface area contributed by atoms with Crippen LogP contribution >= 0.6 is 15.9 Å². The predicted molar refractivity (Wildman–Crippen MR) is 89.7 cm³/mol. The van der Waals surface area contributed by atoms with E-state index in [0.717, 1.165) is 23.0 Å². The lowest BCUT2D eigenvalue weighted by Crippen LogP contribution is -2.41. The molecule has 0 heterocycles. The van der Waals surface area contributed by atoms with E-state index >= 15 is 0 Å². The zero-order chi connectivity index (χ0) is 14.7. The molecule has 0 saturated heterocycles. The van der Waals surface area contributed by atoms with Gasteiger partial charge in [0.05, 0.1) is 0 Å². The SMILES string of the molecule is CC(C)CCN(C1CC1)C(c1cccc(Br)c1)C(C)N. The fourth-order valence-corrected chi connectivity index (χ4v) is 3.27. The Bertz CT molecular complexity index is 427. The van der Waals surface area contributed by atoms with Gasteiger partial charge < -0.3 is 5.73 Å². The average molecular weight is 339 g/mol. The van der Waals surface area contributed by atoms with E-state index in [1.807, 2.05) is 0 Å². The zero-order valence-corrected chi connectivity index (χ0v) is 14.4. The largest absolute Gasteiger partial charge is 0.326 e. The quantitative estimate of drug-likeness (QED) is 0.800. The van der Waals surface area contributed by atoms with Crippen molar-refractivity contribution in [2.24, 2.45) is 11.7 Å². The summed E-state index contributed by atoms with van der Waals surface area (Å²) in [6.07, 6.45) is 3.90. The fraction of sp³-hybridized carbons (Fsp3) is 0.647. The smallest absolute Gasteiger partial charge is 0.0499 e. The maximum Gasteiger partial charge on any atom is 0.0499 e. The normalized spacial score (nSPS) is 18.6. The first-order valence-electron chi connectivity index (χ1n) is 7.76. The second-order valence-corrected chi connectivity index (χ2v) is 7.43. The molecule has 1 fully saturated rings. The van der Waals surface area contributed by atoms with Gasteiger partial charge in [0.1, 0.15) is 0 Å². The Kier molecular flexibility index (Phi) is 5.65. The van der Waals surface area contributed by atoms with Crippen LogP contribution in [0, 0.1) is 5.92 Å². The van der Waals surface area contributed by atoms with Gasteiger partial charge in [0, 0.05) is 22.6 Å². The van der Waals surface area contributed by atoms with Gasteiger partial charge in [0.2, 0.25) is 0 Å². The van der Waals surface area contributed by atoms with E-state index in [1.54, 1.807) is 0 Å². The Hall–Kier alpha value is -0.380. The number of nitrogens with zero attached hydrogens (tertiary/aromatic N) is 1. The molecule has 20 heavy (non-hydrogen) atoms. The molecule has 2 nitrogen and oxygen atoms in total. The lowest BCUT2D eigenvalue weighted by Gasteiger charge is -2.35. The van der Waals surface area contributed by atoms with Crippen molar-refractivity contribution in [2.75, 3.05) is 6.54 Å². The summed E-state index contributed by atoms with van der Waals surface area (Å²) in [5, 5.41) is 0. The summed E-state index contributed by atoms with van der Waals surface area (Å²) >= 11 is 3.58. The van der Waals surface area contributed by atoms with Crippen molar-refractivity contribution < 1.29 is 0 Å². The standard InChI is InChI=1S/C17H27BrN2/c1-12(2)9-10-20(16-7-8-16)17(13(3)19)14-5-4-6-15(18)11-14/h4-6,11-13,16-17H,7-10,19H2,1-3H3. The fourth-order valence-electron chi connectivity index (χ4n) is 2.85. The van der Waals surface area contributed by atoms with Crippen molar-refractivity contribution in [3.8, 4) is 0 Å². The zero-order valence-electron chi connectivity index (χ0n) is 12.8. The van der Waals surface area contributed by atoms with Crippen molar-refractivity contribution in [3.63, 3.8) is 0 Å². The molecular weight excluding hydrogens is 312 g/mol. The van der Waals surface area contributed by atoms with Crippen LogP contribution in [0.3, 0.4) is 0 Å². The molecule has 1 saturated carbocycles. The van der Waals surface area contributed by atoms with E-state index < -0.39 is 0 Å². The maximum atomic E-state index is 6.33. The van der Waals surface area contributed by atoms with Gasteiger partial charge in [-0.05, 0) is 56.3 Å². The molecule has 0 spiro atoms. The van der Waals surface area contributed by atoms with Crippen LogP contribution in [0.5, 0.6) is 0 Å². The summed E-state index contributed by atoms with van der Waals surface area (Å²) in [6.45, 7) is 7.88. The van der Waals surface area contributed by atoms with Crippen molar-refractivity contribution in [2.45, 2.75) is 58.2 Å². The first-order chi connectivity index (χ1) is 9.49. The minimum absolute atomic E-state index is 0.150. The van der Waals surface area contributed by atoms with Gasteiger partial charge in [-0.1, -0.05) is 41.9 Å². The van der Waals surface area contributed by atoms with Crippen LogP contribution in [-0.2, 0) is 0 Å². The van der Waals surface area contributed by atoms with Crippen LogP contribution in [0.2, 0.25) is 0 Å². The molecule has 0 aromatic heterocycles. The van der Waals surface area contributed by atoms with Gasteiger partial charge >= 0.3 is 0 Å². The second kappa shape index (κ2) is 7.06. The molecule has 2 atom stereocenters. The van der Waals surface area contributed by atoms with Gasteiger partial charge in [-0.15, -0.1) is 0 Å². The van der Waals surface area contributed by atoms with Gasteiger partial charge in [-0.25, -0.2) is 0 Å². The Morgan fingerprint density at radius 1 is 1.30 bits per heavy atom. The molecule has 1 aliphatic carbocycles. The van der Waals surface area contributed by atoms with E-state index in [4.69, 9.17) is 5.73 Å². The summed E-state index contributed by atoms with van der Waals surface area (Å²) in [7, 11) is 0. The lowest BCUT2D eigenvalue weighted by atomic mass is 9.98. The molecule has 3 heteroatoms. The number of hydrogen-bond acceptors (Lipinski definition) is 2. The highest BCUT2D eigenvalue weighted by Crippen LogP contribution is 2.36. The lowest BCUT2D eigenvalue weighted by molar-refractivity contribution is 0.157. The Labute approximate surface area is 131 Å². The molecule has 2 N–H and O–H groups in total. The van der Waals surface area contributed by atoms with Crippen LogP contribution in [0.15, 0.2) is 28.7 Å². The average Bonchev–Trinajstić information content (AvgIpc) is 3.17. The Morgan fingerprint density at radius 3 is 2.50 bits per heavy atom. The number of benzene rings is 1. The molecular formula is C17H27BrN2. The van der Waals surface area contributed by atoms with Crippen LogP contribution in [-0.4, -0.2) is 23.5 Å². The molecule has 0 bridgehead atoms. The molecule has 1 aliphatic rings. The molecule has 0 radical (unpaired) electrons. The van der Waals surface area contributed by atoms with Crippen molar-refractivity contribution in [3.05, 3.63) is 34.3 Å². The summed E-state index contributed by atoms with van der Waals surface area (Å²) in [6, 6.07) is 9.85. The predicted octanol–water partition coefficient (Wildman–Crippen LogP) is 4.35. The minimum Gasteiger partial charge on any atom is -0.326 e. The molecule has 0 amide bonds. The van der Waals surface area contributed by atoms with Crippen molar-refractivity contribution >= 4 is 15.9 Å². The van der Waals surface area contributed by atoms with Crippen LogP contribution in [0.4, 0.5) is 0 Å². The van der Waals surface area contributed by atoms with Gasteiger partial charge in [0.15, 0.2) is 0 Å². The van der Waals surface area contributed by atoms with E-state index in [0.29, 0.717) is 6.04 Å². The molecule has 0 aliphatic heterocycles. The van der Waals surface area contributed by atoms with Crippen molar-refractivity contribution in [1.29, 1.82) is 0 Å². The monoisotopic (exact) mass is 338 g/mol. The summed E-state index contributed by atoms with van der Waals surface area (Å²) in [4.78, 5) is 2.65. The molecule has 1 aromatic carbocycles. The van der Waals surface area contributed by atoms with Crippen LogP contribution < -0.4 is 5.73 Å². The highest BCUT2D eigenvalue weighted by Gasteiger charge is 2.35. The first kappa shape index (κ1) is 16.0. The maximum absolute atomic E-state index is 6.33. The second-order valence-electron chi connectivity index (χ2n) is 6.51. The van der Waals surface area contributed by atoms with Crippen LogP contribution in [0.25, 0.3) is 0 Å². The minimum atomic E-state index is 0.150. The molecule has 2 rings (SSSR count). The number of nitrogens with two attached hydrogens (primary N) is 1. The Morgan fingerprint density at radius 2 is 2.00 bits per heavy atom. The number of halogens is 1. The molecule has 112 valence electrons. The molecule has 2 unspecified atom stereocenters. The highest BCUT2D eigenvalue weighted by molar-refractivity contribution is 9.10. The Balaban J connectivity index is 2.20. The van der Waals surface area contributed by atoms with E-state index in [2.05, 4.69) is 65.9 Å². The number of hydrogen-bond donors (Lipinski definition) is 1. The number of rotatable bonds is 7. The van der Waals surface area contributed by atoms with Gasteiger partial charge in [0.25, 0.3) is 0 Å². The third-order valence-corrected chi connectivity index (χ3v) is 4.52. The summed E-state index contributed by atoms with van der Waals surface area (Å²) in [5.41, 5.74) is 7.67.